The Bertz CT molecular complexity index is 398. The van der Waals surface area contributed by atoms with Crippen molar-refractivity contribution in [2.24, 2.45) is 0 Å². The van der Waals surface area contributed by atoms with Gasteiger partial charge in [-0.3, -0.25) is 0 Å². The number of thiophene rings is 1. The van der Waals surface area contributed by atoms with Crippen LogP contribution in [0.1, 0.15) is 4.88 Å². The van der Waals surface area contributed by atoms with Crippen LogP contribution in [0.5, 0.6) is 0 Å². The van der Waals surface area contributed by atoms with Crippen LogP contribution < -0.4 is 0 Å². The van der Waals surface area contributed by atoms with Crippen molar-refractivity contribution in [2.75, 3.05) is 0 Å². The number of hydrogen-bond donors (Lipinski definition) is 0. The fourth-order valence-electron chi connectivity index (χ4n) is 1.34. The van der Waals surface area contributed by atoms with E-state index in [9.17, 15) is 0 Å². The van der Waals surface area contributed by atoms with Gasteiger partial charge in [-0.25, -0.2) is 0 Å². The van der Waals surface area contributed by atoms with Crippen LogP contribution in [-0.2, 0) is 0 Å². The van der Waals surface area contributed by atoms with E-state index >= 15 is 0 Å². The van der Waals surface area contributed by atoms with Gasteiger partial charge in [-0.15, -0.1) is 11.3 Å². The van der Waals surface area contributed by atoms with Gasteiger partial charge in [0, 0.05) is 4.88 Å². The van der Waals surface area contributed by atoms with Crippen LogP contribution in [0.15, 0.2) is 48.4 Å². The Morgan fingerprint density at radius 1 is 1.08 bits per heavy atom. The number of rotatable bonds is 2. The lowest BCUT2D eigenvalue weighted by Crippen LogP contribution is -1.74. The molecule has 1 heteroatoms. The molecule has 0 aliphatic rings. The van der Waals surface area contributed by atoms with Gasteiger partial charge in [0.05, 0.1) is 0 Å². The molecule has 0 atom stereocenters. The second kappa shape index (κ2) is 3.58. The van der Waals surface area contributed by atoms with E-state index in [2.05, 4.69) is 42.3 Å². The maximum Gasteiger partial charge on any atom is 0.0342 e. The second-order valence-electron chi connectivity index (χ2n) is 2.77. The summed E-state index contributed by atoms with van der Waals surface area (Å²) in [6, 6.07) is 12.5. The Hall–Kier alpha value is -1.34. The zero-order valence-electron chi connectivity index (χ0n) is 7.23. The Kier molecular flexibility index (Phi) is 2.28. The maximum absolute atomic E-state index is 3.80. The average molecular weight is 186 g/mol. The largest absolute Gasteiger partial charge is 0.144 e. The van der Waals surface area contributed by atoms with Crippen LogP contribution in [0.3, 0.4) is 0 Å². The summed E-state index contributed by atoms with van der Waals surface area (Å²) in [6.45, 7) is 3.80. The fraction of sp³-hybridized carbons (Fsp3) is 0. The third-order valence-electron chi connectivity index (χ3n) is 1.97. The van der Waals surface area contributed by atoms with Crippen molar-refractivity contribution in [1.29, 1.82) is 0 Å². The molecule has 0 bridgehead atoms. The highest BCUT2D eigenvalue weighted by molar-refractivity contribution is 7.11. The molecule has 0 N–H and O–H groups in total. The molecule has 0 aliphatic heterocycles. The van der Waals surface area contributed by atoms with Gasteiger partial charge in [0.2, 0.25) is 0 Å². The summed E-state index contributed by atoms with van der Waals surface area (Å²) in [6.07, 6.45) is 1.91. The highest BCUT2D eigenvalue weighted by Gasteiger charge is 2.01. The van der Waals surface area contributed by atoms with Crippen LogP contribution in [-0.4, -0.2) is 0 Å². The third-order valence-corrected chi connectivity index (χ3v) is 2.88. The van der Waals surface area contributed by atoms with Gasteiger partial charge in [-0.2, -0.15) is 0 Å². The van der Waals surface area contributed by atoms with Gasteiger partial charge in [0.25, 0.3) is 0 Å². The molecule has 1 aromatic heterocycles. The topological polar surface area (TPSA) is 0 Å². The lowest BCUT2D eigenvalue weighted by atomic mass is 10.1. The van der Waals surface area contributed by atoms with E-state index in [0.29, 0.717) is 0 Å². The Morgan fingerprint density at radius 2 is 1.85 bits per heavy atom. The number of hydrogen-bond acceptors (Lipinski definition) is 1. The zero-order valence-corrected chi connectivity index (χ0v) is 8.05. The molecule has 0 amide bonds. The normalized spacial score (nSPS) is 9.85. The van der Waals surface area contributed by atoms with Crippen LogP contribution in [0.25, 0.3) is 17.2 Å². The first-order chi connectivity index (χ1) is 6.42. The van der Waals surface area contributed by atoms with Gasteiger partial charge in [0.15, 0.2) is 0 Å². The molecule has 1 aromatic carbocycles. The molecule has 0 fully saturated rings. The minimum Gasteiger partial charge on any atom is -0.144 e. The van der Waals surface area contributed by atoms with Gasteiger partial charge >= 0.3 is 0 Å². The molecular formula is C12H10S. The van der Waals surface area contributed by atoms with E-state index in [1.807, 2.05) is 12.1 Å². The predicted octanol–water partition coefficient (Wildman–Crippen LogP) is 4.06. The van der Waals surface area contributed by atoms with Crippen LogP contribution in [0.4, 0.5) is 0 Å². The molecule has 1 heterocycles. The molecule has 0 aliphatic carbocycles. The quantitative estimate of drug-likeness (QED) is 0.663. The van der Waals surface area contributed by atoms with Crippen molar-refractivity contribution in [3.8, 4) is 11.1 Å². The van der Waals surface area contributed by atoms with Crippen molar-refractivity contribution < 1.29 is 0 Å². The molecule has 2 rings (SSSR count). The Labute approximate surface area is 82.2 Å². The van der Waals surface area contributed by atoms with Crippen molar-refractivity contribution in [3.05, 3.63) is 53.2 Å². The molecule has 0 spiro atoms. The average Bonchev–Trinajstić information content (AvgIpc) is 2.67. The number of benzene rings is 1. The minimum absolute atomic E-state index is 1.24. The van der Waals surface area contributed by atoms with Crippen molar-refractivity contribution in [1.82, 2.24) is 0 Å². The standard InChI is InChI=1S/C12H10S/c1-2-12-11(8-9-13-12)10-6-4-3-5-7-10/h2-9H,1H2. The van der Waals surface area contributed by atoms with Gasteiger partial charge in [-0.1, -0.05) is 43.0 Å². The first kappa shape index (κ1) is 8.27. The SMILES string of the molecule is C=Cc1sccc1-c1ccccc1. The summed E-state index contributed by atoms with van der Waals surface area (Å²) in [5.74, 6) is 0. The van der Waals surface area contributed by atoms with E-state index in [4.69, 9.17) is 0 Å². The smallest absolute Gasteiger partial charge is 0.0342 e. The molecule has 0 saturated heterocycles. The molecule has 0 nitrogen and oxygen atoms in total. The summed E-state index contributed by atoms with van der Waals surface area (Å²) in [5.41, 5.74) is 2.54. The van der Waals surface area contributed by atoms with Crippen LogP contribution in [0.2, 0.25) is 0 Å². The Balaban J connectivity index is 2.52. The third kappa shape index (κ3) is 1.56. The summed E-state index contributed by atoms with van der Waals surface area (Å²) >= 11 is 1.73. The van der Waals surface area contributed by atoms with E-state index < -0.39 is 0 Å². The lowest BCUT2D eigenvalue weighted by Gasteiger charge is -1.98. The van der Waals surface area contributed by atoms with Gasteiger partial charge in [0.1, 0.15) is 0 Å². The van der Waals surface area contributed by atoms with Crippen LogP contribution >= 0.6 is 11.3 Å². The van der Waals surface area contributed by atoms with E-state index in [-0.39, 0.29) is 0 Å². The fourth-order valence-corrected chi connectivity index (χ4v) is 2.10. The molecule has 0 saturated carbocycles. The molecule has 64 valence electrons. The van der Waals surface area contributed by atoms with Gasteiger partial charge < -0.3 is 0 Å². The minimum atomic E-state index is 1.24. The molecule has 0 unspecified atom stereocenters. The van der Waals surface area contributed by atoms with Crippen LogP contribution in [0, 0.1) is 0 Å². The van der Waals surface area contributed by atoms with Crippen molar-refractivity contribution in [2.45, 2.75) is 0 Å². The lowest BCUT2D eigenvalue weighted by molar-refractivity contribution is 1.67. The second-order valence-corrected chi connectivity index (χ2v) is 3.72. The molecular weight excluding hydrogens is 176 g/mol. The predicted molar refractivity (Wildman–Crippen MR) is 59.8 cm³/mol. The van der Waals surface area contributed by atoms with Crippen molar-refractivity contribution >= 4 is 17.4 Å². The Morgan fingerprint density at radius 3 is 2.54 bits per heavy atom. The van der Waals surface area contributed by atoms with Crippen molar-refractivity contribution in [3.63, 3.8) is 0 Å². The highest BCUT2D eigenvalue weighted by atomic mass is 32.1. The van der Waals surface area contributed by atoms with E-state index in [1.54, 1.807) is 11.3 Å². The van der Waals surface area contributed by atoms with Gasteiger partial charge in [-0.05, 0) is 22.6 Å². The summed E-state index contributed by atoms with van der Waals surface area (Å²) in [5, 5.41) is 2.10. The summed E-state index contributed by atoms with van der Waals surface area (Å²) < 4.78 is 0. The zero-order chi connectivity index (χ0) is 9.10. The monoisotopic (exact) mass is 186 g/mol. The summed E-state index contributed by atoms with van der Waals surface area (Å²) in [7, 11) is 0. The molecule has 2 aromatic rings. The first-order valence-electron chi connectivity index (χ1n) is 4.17. The molecule has 13 heavy (non-hydrogen) atoms. The summed E-state index contributed by atoms with van der Waals surface area (Å²) in [4.78, 5) is 1.24. The van der Waals surface area contributed by atoms with E-state index in [0.717, 1.165) is 0 Å². The van der Waals surface area contributed by atoms with E-state index in [1.165, 1.54) is 16.0 Å². The first-order valence-corrected chi connectivity index (χ1v) is 5.05. The highest BCUT2D eigenvalue weighted by Crippen LogP contribution is 2.28. The molecule has 0 radical (unpaired) electrons. The maximum atomic E-state index is 3.80.